The lowest BCUT2D eigenvalue weighted by Crippen LogP contribution is -2.05. The third-order valence-electron chi connectivity index (χ3n) is 3.26. The lowest BCUT2D eigenvalue weighted by atomic mass is 10.2. The Morgan fingerprint density at radius 2 is 1.12 bits per heavy atom. The van der Waals surface area contributed by atoms with E-state index in [1.54, 1.807) is 23.5 Å². The molecule has 2 amide bonds. The Morgan fingerprint density at radius 3 is 1.42 bits per heavy atom. The Balaban J connectivity index is 1.74. The molecule has 2 N–H and O–H groups in total. The van der Waals surface area contributed by atoms with E-state index < -0.39 is 0 Å². The Hall–Kier alpha value is -1.83. The van der Waals surface area contributed by atoms with E-state index in [0.29, 0.717) is 0 Å². The van der Waals surface area contributed by atoms with Gasteiger partial charge in [0, 0.05) is 36.7 Å². The molecule has 0 aliphatic carbocycles. The van der Waals surface area contributed by atoms with Gasteiger partial charge in [-0.3, -0.25) is 9.59 Å². The minimum absolute atomic E-state index is 0.0742. The van der Waals surface area contributed by atoms with Crippen LogP contribution in [-0.2, 0) is 21.1 Å². The average Bonchev–Trinajstić information content (AvgIpc) is 2.59. The second-order valence-corrected chi connectivity index (χ2v) is 8.74. The van der Waals surface area contributed by atoms with Crippen LogP contribution in [0.4, 0.5) is 11.4 Å². The molecule has 0 heterocycles. The molecule has 0 aliphatic heterocycles. The SMILES string of the molecule is CC(=O)Nc1ccc(CSC(=S)SCc2ccc(NC(C)=O)cc2)cc1. The van der Waals surface area contributed by atoms with Crippen molar-refractivity contribution in [1.82, 2.24) is 0 Å². The molecule has 0 saturated carbocycles. The molecule has 0 fully saturated rings. The summed E-state index contributed by atoms with van der Waals surface area (Å²) in [5.74, 6) is 1.45. The van der Waals surface area contributed by atoms with E-state index in [1.165, 1.54) is 13.8 Å². The summed E-state index contributed by atoms with van der Waals surface area (Å²) in [5.41, 5.74) is 3.91. The van der Waals surface area contributed by atoms with Gasteiger partial charge in [0.1, 0.15) is 3.53 Å². The number of anilines is 2. The zero-order valence-electron chi connectivity index (χ0n) is 14.6. The van der Waals surface area contributed by atoms with Crippen LogP contribution >= 0.6 is 35.7 Å². The van der Waals surface area contributed by atoms with Gasteiger partial charge in [0.2, 0.25) is 11.8 Å². The zero-order chi connectivity index (χ0) is 18.9. The summed E-state index contributed by atoms with van der Waals surface area (Å²) < 4.78 is 0.891. The number of benzene rings is 2. The number of hydrogen-bond donors (Lipinski definition) is 2. The van der Waals surface area contributed by atoms with Crippen molar-refractivity contribution >= 4 is 62.5 Å². The highest BCUT2D eigenvalue weighted by molar-refractivity contribution is 8.46. The van der Waals surface area contributed by atoms with Gasteiger partial charge < -0.3 is 10.6 Å². The molecule has 0 saturated heterocycles. The monoisotopic (exact) mass is 404 g/mol. The fourth-order valence-corrected chi connectivity index (χ4v) is 4.10. The summed E-state index contributed by atoms with van der Waals surface area (Å²) in [4.78, 5) is 22.0. The van der Waals surface area contributed by atoms with Gasteiger partial charge in [0.15, 0.2) is 0 Å². The first-order chi connectivity index (χ1) is 12.4. The van der Waals surface area contributed by atoms with Crippen LogP contribution in [0.2, 0.25) is 0 Å². The topological polar surface area (TPSA) is 58.2 Å². The molecule has 4 nitrogen and oxygen atoms in total. The Bertz CT molecular complexity index is 709. The summed E-state index contributed by atoms with van der Waals surface area (Å²) in [6.45, 7) is 2.99. The number of thiocarbonyl (C=S) groups is 1. The van der Waals surface area contributed by atoms with Gasteiger partial charge >= 0.3 is 0 Å². The van der Waals surface area contributed by atoms with Crippen LogP contribution in [0.1, 0.15) is 25.0 Å². The van der Waals surface area contributed by atoms with Crippen LogP contribution in [-0.4, -0.2) is 15.3 Å². The number of nitrogens with one attached hydrogen (secondary N) is 2. The molecule has 2 aromatic rings. The molecule has 0 spiro atoms. The molecule has 136 valence electrons. The van der Waals surface area contributed by atoms with E-state index >= 15 is 0 Å². The molecule has 0 unspecified atom stereocenters. The van der Waals surface area contributed by atoms with Gasteiger partial charge in [-0.1, -0.05) is 36.5 Å². The van der Waals surface area contributed by atoms with Gasteiger partial charge in [-0.15, -0.1) is 23.5 Å². The molecular weight excluding hydrogens is 384 g/mol. The smallest absolute Gasteiger partial charge is 0.221 e. The molecule has 0 atom stereocenters. The molecule has 0 bridgehead atoms. The number of thioether (sulfide) groups is 2. The molecule has 0 aliphatic rings. The molecule has 7 heteroatoms. The minimum Gasteiger partial charge on any atom is -0.326 e. The van der Waals surface area contributed by atoms with Gasteiger partial charge in [-0.25, -0.2) is 0 Å². The maximum atomic E-state index is 11.0. The van der Waals surface area contributed by atoms with E-state index in [0.717, 1.165) is 37.5 Å². The van der Waals surface area contributed by atoms with Crippen LogP contribution in [0.25, 0.3) is 0 Å². The summed E-state index contributed by atoms with van der Waals surface area (Å²) in [5, 5.41) is 5.50. The van der Waals surface area contributed by atoms with Crippen molar-refractivity contribution in [3.8, 4) is 0 Å². The van der Waals surface area contributed by atoms with Crippen molar-refractivity contribution in [2.45, 2.75) is 25.4 Å². The van der Waals surface area contributed by atoms with Gasteiger partial charge in [0.25, 0.3) is 0 Å². The number of rotatable bonds is 6. The van der Waals surface area contributed by atoms with Crippen LogP contribution in [0.5, 0.6) is 0 Å². The summed E-state index contributed by atoms with van der Waals surface area (Å²) in [6, 6.07) is 15.5. The van der Waals surface area contributed by atoms with Crippen LogP contribution in [0, 0.1) is 0 Å². The predicted octanol–water partition coefficient (Wildman–Crippen LogP) is 5.05. The third-order valence-corrected chi connectivity index (χ3v) is 6.10. The normalized spacial score (nSPS) is 10.2. The molecular formula is C19H20N2O2S3. The van der Waals surface area contributed by atoms with Crippen molar-refractivity contribution < 1.29 is 9.59 Å². The van der Waals surface area contributed by atoms with Gasteiger partial charge in [-0.05, 0) is 35.4 Å². The second kappa shape index (κ2) is 10.4. The molecule has 2 rings (SSSR count). The van der Waals surface area contributed by atoms with E-state index in [1.807, 2.05) is 48.5 Å². The Labute approximate surface area is 167 Å². The standard InChI is InChI=1S/C19H20N2O2S3/c1-13(22)20-17-7-3-15(4-8-17)11-25-19(24)26-12-16-5-9-18(10-6-16)21-14(2)23/h3-10H,11-12H2,1-2H3,(H,20,22)(H,21,23). The number of carbonyl (C=O) groups is 2. The summed E-state index contributed by atoms with van der Waals surface area (Å²) in [7, 11) is 0. The van der Waals surface area contributed by atoms with Gasteiger partial charge in [0.05, 0.1) is 0 Å². The first-order valence-corrected chi connectivity index (χ1v) is 10.3. The number of hydrogen-bond acceptors (Lipinski definition) is 5. The van der Waals surface area contributed by atoms with Crippen molar-refractivity contribution in [3.05, 3.63) is 59.7 Å². The average molecular weight is 405 g/mol. The lowest BCUT2D eigenvalue weighted by Gasteiger charge is -2.07. The first kappa shape index (κ1) is 20.5. The highest BCUT2D eigenvalue weighted by Gasteiger charge is 2.03. The third kappa shape index (κ3) is 7.59. The second-order valence-electron chi connectivity index (χ2n) is 5.58. The lowest BCUT2D eigenvalue weighted by molar-refractivity contribution is -0.115. The van der Waals surface area contributed by atoms with Crippen molar-refractivity contribution in [2.24, 2.45) is 0 Å². The number of amides is 2. The molecule has 2 aromatic carbocycles. The molecule has 26 heavy (non-hydrogen) atoms. The zero-order valence-corrected chi connectivity index (χ0v) is 17.0. The fraction of sp³-hybridized carbons (Fsp3) is 0.211. The van der Waals surface area contributed by atoms with Crippen LogP contribution in [0.3, 0.4) is 0 Å². The maximum absolute atomic E-state index is 11.0. The number of carbonyl (C=O) groups excluding carboxylic acids is 2. The van der Waals surface area contributed by atoms with Crippen molar-refractivity contribution in [1.29, 1.82) is 0 Å². The van der Waals surface area contributed by atoms with Crippen LogP contribution < -0.4 is 10.6 Å². The van der Waals surface area contributed by atoms with Crippen molar-refractivity contribution in [2.75, 3.05) is 10.6 Å². The highest BCUT2D eigenvalue weighted by Crippen LogP contribution is 2.25. The van der Waals surface area contributed by atoms with E-state index in [4.69, 9.17) is 12.2 Å². The molecule has 0 radical (unpaired) electrons. The summed E-state index contributed by atoms with van der Waals surface area (Å²) >= 11 is 8.69. The summed E-state index contributed by atoms with van der Waals surface area (Å²) in [6.07, 6.45) is 0. The Kier molecular flexibility index (Phi) is 8.15. The maximum Gasteiger partial charge on any atom is 0.221 e. The van der Waals surface area contributed by atoms with Crippen molar-refractivity contribution in [3.63, 3.8) is 0 Å². The first-order valence-electron chi connectivity index (χ1n) is 7.95. The highest BCUT2D eigenvalue weighted by atomic mass is 32.2. The van der Waals surface area contributed by atoms with Crippen LogP contribution in [0.15, 0.2) is 48.5 Å². The largest absolute Gasteiger partial charge is 0.326 e. The fourth-order valence-electron chi connectivity index (χ4n) is 2.10. The van der Waals surface area contributed by atoms with E-state index in [-0.39, 0.29) is 11.8 Å². The van der Waals surface area contributed by atoms with E-state index in [2.05, 4.69) is 10.6 Å². The molecule has 0 aromatic heterocycles. The quantitative estimate of drug-likeness (QED) is 0.660. The predicted molar refractivity (Wildman–Crippen MR) is 117 cm³/mol. The minimum atomic E-state index is -0.0742. The van der Waals surface area contributed by atoms with E-state index in [9.17, 15) is 9.59 Å². The van der Waals surface area contributed by atoms with Gasteiger partial charge in [-0.2, -0.15) is 0 Å². The Morgan fingerprint density at radius 1 is 0.769 bits per heavy atom.